The summed E-state index contributed by atoms with van der Waals surface area (Å²) in [7, 11) is 0. The summed E-state index contributed by atoms with van der Waals surface area (Å²) in [6.45, 7) is 0. The van der Waals surface area contributed by atoms with E-state index in [1.54, 1.807) is 18.6 Å². The van der Waals surface area contributed by atoms with Gasteiger partial charge < -0.3 is 15.0 Å². The SMILES string of the molecule is O=C1C[C@@H](c2ccncc2)c2c(c(C(=O)O)cn2-c2ccccc2)N1. The molecule has 25 heavy (non-hydrogen) atoms. The molecule has 1 aliphatic rings. The van der Waals surface area contributed by atoms with Gasteiger partial charge in [0.1, 0.15) is 5.56 Å². The van der Waals surface area contributed by atoms with Crippen LogP contribution in [0.5, 0.6) is 0 Å². The maximum absolute atomic E-state index is 12.2. The van der Waals surface area contributed by atoms with Crippen LogP contribution in [-0.2, 0) is 4.79 Å². The predicted molar refractivity (Wildman–Crippen MR) is 92.1 cm³/mol. The highest BCUT2D eigenvalue weighted by Crippen LogP contribution is 2.41. The zero-order chi connectivity index (χ0) is 17.4. The van der Waals surface area contributed by atoms with Gasteiger partial charge >= 0.3 is 5.97 Å². The molecule has 2 aromatic heterocycles. The van der Waals surface area contributed by atoms with Crippen molar-refractivity contribution in [2.24, 2.45) is 0 Å². The lowest BCUT2D eigenvalue weighted by atomic mass is 9.89. The Kier molecular flexibility index (Phi) is 3.57. The average molecular weight is 333 g/mol. The second kappa shape index (κ2) is 5.90. The van der Waals surface area contributed by atoms with Crippen LogP contribution in [0.3, 0.4) is 0 Å². The lowest BCUT2D eigenvalue weighted by Crippen LogP contribution is -2.25. The minimum Gasteiger partial charge on any atom is -0.478 e. The molecule has 0 fully saturated rings. The summed E-state index contributed by atoms with van der Waals surface area (Å²) in [6, 6.07) is 13.2. The number of aromatic carboxylic acids is 1. The molecule has 0 radical (unpaired) electrons. The number of amides is 1. The standard InChI is InChI=1S/C19H15N3O3/c23-16-10-14(12-6-8-20-9-7-12)18-17(21-16)15(19(24)25)11-22(18)13-4-2-1-3-5-13/h1-9,11,14H,10H2,(H,21,23)(H,24,25)/t14-/m0/s1. The van der Waals surface area contributed by atoms with Crippen molar-refractivity contribution in [2.75, 3.05) is 5.32 Å². The van der Waals surface area contributed by atoms with Crippen molar-refractivity contribution in [3.8, 4) is 5.69 Å². The molecule has 0 aliphatic carbocycles. The molecule has 0 spiro atoms. The van der Waals surface area contributed by atoms with Crippen LogP contribution < -0.4 is 5.32 Å². The van der Waals surface area contributed by atoms with E-state index in [2.05, 4.69) is 10.3 Å². The molecule has 1 atom stereocenters. The number of benzene rings is 1. The van der Waals surface area contributed by atoms with E-state index < -0.39 is 5.97 Å². The molecule has 6 heteroatoms. The molecule has 6 nitrogen and oxygen atoms in total. The van der Waals surface area contributed by atoms with Gasteiger partial charge in [0.15, 0.2) is 0 Å². The molecule has 2 N–H and O–H groups in total. The molecule has 124 valence electrons. The first kappa shape index (κ1) is 15.1. The zero-order valence-electron chi connectivity index (χ0n) is 13.2. The third-order valence-electron chi connectivity index (χ3n) is 4.40. The summed E-state index contributed by atoms with van der Waals surface area (Å²) in [4.78, 5) is 27.9. The van der Waals surface area contributed by atoms with E-state index in [9.17, 15) is 14.7 Å². The van der Waals surface area contributed by atoms with Gasteiger partial charge in [0, 0.05) is 36.6 Å². The van der Waals surface area contributed by atoms with Crippen LogP contribution in [0.25, 0.3) is 5.69 Å². The number of nitrogens with one attached hydrogen (secondary N) is 1. The maximum atomic E-state index is 12.2. The Morgan fingerprint density at radius 1 is 1.16 bits per heavy atom. The number of carbonyl (C=O) groups is 2. The summed E-state index contributed by atoms with van der Waals surface area (Å²) in [6.07, 6.45) is 5.18. The fourth-order valence-corrected chi connectivity index (χ4v) is 3.30. The molecule has 1 aromatic carbocycles. The molecule has 0 saturated carbocycles. The minimum atomic E-state index is -1.07. The molecule has 1 amide bonds. The molecule has 3 aromatic rings. The average Bonchev–Trinajstić information content (AvgIpc) is 3.02. The van der Waals surface area contributed by atoms with E-state index in [0.29, 0.717) is 5.69 Å². The van der Waals surface area contributed by atoms with Crippen molar-refractivity contribution >= 4 is 17.6 Å². The first-order valence-electron chi connectivity index (χ1n) is 7.89. The highest BCUT2D eigenvalue weighted by Gasteiger charge is 2.34. The molecule has 0 saturated heterocycles. The van der Waals surface area contributed by atoms with Crippen LogP contribution in [0.2, 0.25) is 0 Å². The third-order valence-corrected chi connectivity index (χ3v) is 4.40. The van der Waals surface area contributed by atoms with E-state index >= 15 is 0 Å². The number of nitrogens with zero attached hydrogens (tertiary/aromatic N) is 2. The summed E-state index contributed by atoms with van der Waals surface area (Å²) < 4.78 is 1.85. The van der Waals surface area contributed by atoms with Gasteiger partial charge in [-0.1, -0.05) is 18.2 Å². The number of rotatable bonds is 3. The van der Waals surface area contributed by atoms with Crippen molar-refractivity contribution in [1.82, 2.24) is 9.55 Å². The summed E-state index contributed by atoms with van der Waals surface area (Å²) in [5, 5.41) is 12.3. The number of carboxylic acid groups (broad SMARTS) is 1. The number of hydrogen-bond acceptors (Lipinski definition) is 3. The van der Waals surface area contributed by atoms with Crippen LogP contribution in [0, 0.1) is 0 Å². The number of hydrogen-bond donors (Lipinski definition) is 2. The van der Waals surface area contributed by atoms with Gasteiger partial charge in [-0.25, -0.2) is 4.79 Å². The Hall–Kier alpha value is -3.41. The molecular formula is C19H15N3O3. The van der Waals surface area contributed by atoms with Gasteiger partial charge in [0.05, 0.1) is 11.4 Å². The third kappa shape index (κ3) is 2.57. The Labute approximate surface area is 143 Å². The van der Waals surface area contributed by atoms with E-state index in [4.69, 9.17) is 0 Å². The van der Waals surface area contributed by atoms with Crippen molar-refractivity contribution < 1.29 is 14.7 Å². The van der Waals surface area contributed by atoms with E-state index in [1.165, 1.54) is 0 Å². The molecule has 4 rings (SSSR count). The fraction of sp³-hybridized carbons (Fsp3) is 0.105. The van der Waals surface area contributed by atoms with Crippen LogP contribution in [0.4, 0.5) is 5.69 Å². The molecular weight excluding hydrogens is 318 g/mol. The van der Waals surface area contributed by atoms with Crippen molar-refractivity contribution in [1.29, 1.82) is 0 Å². The molecule has 0 unspecified atom stereocenters. The van der Waals surface area contributed by atoms with Gasteiger partial charge in [-0.3, -0.25) is 9.78 Å². The number of pyridine rings is 1. The first-order valence-corrected chi connectivity index (χ1v) is 7.89. The predicted octanol–water partition coefficient (Wildman–Crippen LogP) is 3.04. The molecule has 3 heterocycles. The number of fused-ring (bicyclic) bond motifs is 1. The Balaban J connectivity index is 1.98. The minimum absolute atomic E-state index is 0.0889. The lowest BCUT2D eigenvalue weighted by molar-refractivity contribution is -0.116. The van der Waals surface area contributed by atoms with Gasteiger partial charge in [-0.2, -0.15) is 0 Å². The Morgan fingerprint density at radius 3 is 2.56 bits per heavy atom. The van der Waals surface area contributed by atoms with E-state index in [1.807, 2.05) is 47.0 Å². The fourth-order valence-electron chi connectivity index (χ4n) is 3.30. The number of anilines is 1. The van der Waals surface area contributed by atoms with Crippen molar-refractivity contribution in [2.45, 2.75) is 12.3 Å². The number of para-hydroxylation sites is 1. The topological polar surface area (TPSA) is 84.2 Å². The van der Waals surface area contributed by atoms with Crippen LogP contribution in [0.15, 0.2) is 61.1 Å². The number of carbonyl (C=O) groups excluding carboxylic acids is 1. The zero-order valence-corrected chi connectivity index (χ0v) is 13.2. The quantitative estimate of drug-likeness (QED) is 0.771. The molecule has 1 aliphatic heterocycles. The Morgan fingerprint density at radius 2 is 1.88 bits per heavy atom. The first-order chi connectivity index (χ1) is 12.1. The van der Waals surface area contributed by atoms with Gasteiger partial charge in [-0.15, -0.1) is 0 Å². The normalized spacial score (nSPS) is 16.2. The van der Waals surface area contributed by atoms with E-state index in [0.717, 1.165) is 16.9 Å². The van der Waals surface area contributed by atoms with Gasteiger partial charge in [0.25, 0.3) is 0 Å². The van der Waals surface area contributed by atoms with Gasteiger partial charge in [-0.05, 0) is 29.8 Å². The van der Waals surface area contributed by atoms with Crippen LogP contribution in [0.1, 0.15) is 34.0 Å². The van der Waals surface area contributed by atoms with E-state index in [-0.39, 0.29) is 23.8 Å². The highest BCUT2D eigenvalue weighted by molar-refractivity contribution is 6.04. The van der Waals surface area contributed by atoms with Crippen LogP contribution in [-0.4, -0.2) is 26.5 Å². The number of carboxylic acids is 1. The lowest BCUT2D eigenvalue weighted by Gasteiger charge is -2.26. The van der Waals surface area contributed by atoms with Gasteiger partial charge in [0.2, 0.25) is 5.91 Å². The van der Waals surface area contributed by atoms with Crippen LogP contribution >= 0.6 is 0 Å². The molecule has 0 bridgehead atoms. The smallest absolute Gasteiger partial charge is 0.339 e. The second-order valence-corrected chi connectivity index (χ2v) is 5.90. The number of aromatic nitrogens is 2. The summed E-state index contributed by atoms with van der Waals surface area (Å²) in [5.74, 6) is -1.50. The largest absolute Gasteiger partial charge is 0.478 e. The van der Waals surface area contributed by atoms with Crippen molar-refractivity contribution in [3.05, 3.63) is 77.9 Å². The Bertz CT molecular complexity index is 949. The maximum Gasteiger partial charge on any atom is 0.339 e. The highest BCUT2D eigenvalue weighted by atomic mass is 16.4. The second-order valence-electron chi connectivity index (χ2n) is 5.90. The van der Waals surface area contributed by atoms with Crippen molar-refractivity contribution in [3.63, 3.8) is 0 Å². The summed E-state index contributed by atoms with van der Waals surface area (Å²) >= 11 is 0. The summed E-state index contributed by atoms with van der Waals surface area (Å²) in [5.41, 5.74) is 3.01. The monoisotopic (exact) mass is 333 g/mol.